The van der Waals surface area contributed by atoms with Crippen molar-refractivity contribution in [2.45, 2.75) is 65.9 Å². The lowest BCUT2D eigenvalue weighted by Crippen LogP contribution is -2.47. The maximum absolute atomic E-state index is 13.4. The van der Waals surface area contributed by atoms with E-state index in [9.17, 15) is 9.59 Å². The average Bonchev–Trinajstić information content (AvgIpc) is 2.61. The molecule has 5 nitrogen and oxygen atoms in total. The summed E-state index contributed by atoms with van der Waals surface area (Å²) in [4.78, 5) is 27.6. The van der Waals surface area contributed by atoms with E-state index in [1.54, 1.807) is 12.0 Å². The Morgan fingerprint density at radius 3 is 2.17 bits per heavy atom. The maximum Gasteiger partial charge on any atom is 0.410 e. The molecule has 1 spiro atoms. The van der Waals surface area contributed by atoms with Crippen LogP contribution in [0.4, 0.5) is 4.79 Å². The van der Waals surface area contributed by atoms with Gasteiger partial charge in [0.25, 0.3) is 0 Å². The molecule has 0 radical (unpaired) electrons. The van der Waals surface area contributed by atoms with E-state index in [1.807, 2.05) is 20.8 Å². The van der Waals surface area contributed by atoms with Crippen molar-refractivity contribution < 1.29 is 19.1 Å². The maximum atomic E-state index is 13.4. The minimum absolute atomic E-state index is 0.142. The van der Waals surface area contributed by atoms with Crippen LogP contribution >= 0.6 is 0 Å². The molecule has 1 aromatic rings. The summed E-state index contributed by atoms with van der Waals surface area (Å²) < 4.78 is 11.3. The van der Waals surface area contributed by atoms with Crippen molar-refractivity contribution in [3.8, 4) is 0 Å². The first-order chi connectivity index (χ1) is 13.9. The summed E-state index contributed by atoms with van der Waals surface area (Å²) >= 11 is 0. The number of piperidine rings is 1. The first-order valence-corrected chi connectivity index (χ1v) is 10.8. The smallest absolute Gasteiger partial charge is 0.410 e. The lowest BCUT2D eigenvalue weighted by Gasteiger charge is -2.44. The quantitative estimate of drug-likeness (QED) is 0.701. The molecule has 1 saturated heterocycles. The molecule has 1 aliphatic carbocycles. The molecule has 1 amide bonds. The number of hydrogen-bond donors (Lipinski definition) is 0. The molecule has 0 bridgehead atoms. The van der Waals surface area contributed by atoms with Crippen molar-refractivity contribution in [2.24, 2.45) is 5.41 Å². The molecule has 1 aromatic carbocycles. The summed E-state index contributed by atoms with van der Waals surface area (Å²) in [6.07, 6.45) is 2.53. The normalized spacial score (nSPS) is 19.3. The third kappa shape index (κ3) is 4.58. The van der Waals surface area contributed by atoms with E-state index in [4.69, 9.17) is 9.47 Å². The zero-order chi connectivity index (χ0) is 22.3. The molecule has 0 unspecified atom stereocenters. The second-order valence-corrected chi connectivity index (χ2v) is 10.0. The number of allylic oxidation sites excluding steroid dienone is 2. The molecule has 6 heteroatoms. The van der Waals surface area contributed by atoms with Gasteiger partial charge in [0.1, 0.15) is 19.2 Å². The number of ketones is 1. The van der Waals surface area contributed by atoms with Gasteiger partial charge in [-0.3, -0.25) is 4.79 Å². The molecule has 2 aliphatic rings. The number of hydrogen-bond acceptors (Lipinski definition) is 4. The Morgan fingerprint density at radius 1 is 1.10 bits per heavy atom. The lowest BCUT2D eigenvalue weighted by molar-refractivity contribution is -0.117. The number of ether oxygens (including phenoxy) is 2. The molecule has 0 atom stereocenters. The Bertz CT molecular complexity index is 866. The molecule has 162 valence electrons. The van der Waals surface area contributed by atoms with Crippen molar-refractivity contribution in [1.29, 1.82) is 0 Å². The summed E-state index contributed by atoms with van der Waals surface area (Å²) in [6.45, 7) is 11.0. The molecule has 0 aromatic heterocycles. The van der Waals surface area contributed by atoms with E-state index in [0.717, 1.165) is 47.3 Å². The fourth-order valence-electron chi connectivity index (χ4n) is 4.95. The zero-order valence-electron chi connectivity index (χ0n) is 19.5. The number of benzene rings is 1. The van der Waals surface area contributed by atoms with Crippen LogP contribution in [0.15, 0.2) is 17.9 Å². The van der Waals surface area contributed by atoms with Gasteiger partial charge in [0.05, 0.1) is 12.7 Å². The van der Waals surface area contributed by atoms with Gasteiger partial charge in [-0.2, -0.15) is 0 Å². The van der Waals surface area contributed by atoms with Gasteiger partial charge in [-0.25, -0.2) is 4.79 Å². The van der Waals surface area contributed by atoms with Gasteiger partial charge >= 0.3 is 6.09 Å². The van der Waals surface area contributed by atoms with Crippen LogP contribution in [0.1, 0.15) is 63.1 Å². The highest BCUT2D eigenvalue weighted by Crippen LogP contribution is 2.48. The zero-order valence-corrected chi connectivity index (χ0v) is 19.5. The number of amides is 1. The molecule has 0 saturated carbocycles. The summed E-state index contributed by atoms with van der Waals surface area (Å²) in [5.74, 6) is 0.936. The van der Waals surface area contributed by atoms with Crippen molar-refractivity contribution in [2.75, 3.05) is 20.2 Å². The molecular formula is C24H34BNO4. The molecular weight excluding hydrogens is 377 g/mol. The molecule has 30 heavy (non-hydrogen) atoms. The van der Waals surface area contributed by atoms with Gasteiger partial charge in [-0.1, -0.05) is 17.6 Å². The van der Waals surface area contributed by atoms with Crippen molar-refractivity contribution >= 4 is 30.8 Å². The summed E-state index contributed by atoms with van der Waals surface area (Å²) in [7, 11) is 3.74. The van der Waals surface area contributed by atoms with Gasteiger partial charge in [0.2, 0.25) is 0 Å². The molecule has 1 fully saturated rings. The number of nitrogens with zero attached hydrogens (tertiary/aromatic N) is 1. The Labute approximate surface area is 181 Å². The van der Waals surface area contributed by atoms with Crippen LogP contribution in [0.2, 0.25) is 0 Å². The minimum Gasteiger partial charge on any atom is -0.500 e. The summed E-state index contributed by atoms with van der Waals surface area (Å²) in [5, 5.41) is 0. The fraction of sp³-hybridized carbons (Fsp3) is 0.583. The van der Waals surface area contributed by atoms with E-state index in [2.05, 4.69) is 33.8 Å². The number of rotatable bonds is 2. The third-order valence-electron chi connectivity index (χ3n) is 6.28. The number of aryl methyl sites for hydroxylation is 2. The number of carbonyl (C=O) groups excluding carboxylic acids is 2. The van der Waals surface area contributed by atoms with Gasteiger partial charge in [0.15, 0.2) is 5.78 Å². The topological polar surface area (TPSA) is 55.8 Å². The van der Waals surface area contributed by atoms with E-state index in [0.29, 0.717) is 19.5 Å². The molecule has 1 aliphatic heterocycles. The van der Waals surface area contributed by atoms with E-state index >= 15 is 0 Å². The Balaban J connectivity index is 1.83. The van der Waals surface area contributed by atoms with Crippen molar-refractivity contribution in [3.05, 3.63) is 34.6 Å². The van der Waals surface area contributed by atoms with Gasteiger partial charge in [-0.05, 0) is 69.6 Å². The van der Waals surface area contributed by atoms with Crippen LogP contribution in [-0.2, 0) is 14.3 Å². The lowest BCUT2D eigenvalue weighted by atomic mass is 9.66. The van der Waals surface area contributed by atoms with Gasteiger partial charge < -0.3 is 14.4 Å². The highest BCUT2D eigenvalue weighted by atomic mass is 16.6. The fourth-order valence-corrected chi connectivity index (χ4v) is 4.95. The third-order valence-corrected chi connectivity index (χ3v) is 6.28. The van der Waals surface area contributed by atoms with Crippen molar-refractivity contribution in [1.82, 2.24) is 4.90 Å². The summed E-state index contributed by atoms with van der Waals surface area (Å²) in [5.41, 5.74) is 4.54. The van der Waals surface area contributed by atoms with Crippen LogP contribution in [0, 0.1) is 19.3 Å². The highest BCUT2D eigenvalue weighted by molar-refractivity contribution is 6.33. The Kier molecular flexibility index (Phi) is 6.08. The number of Topliss-reactive ketones (excluding diaryl/α,β-unsaturated/α-hetero) is 1. The largest absolute Gasteiger partial charge is 0.500 e. The first-order valence-electron chi connectivity index (χ1n) is 10.8. The van der Waals surface area contributed by atoms with E-state index in [1.165, 1.54) is 5.46 Å². The second kappa shape index (κ2) is 8.12. The van der Waals surface area contributed by atoms with Crippen molar-refractivity contribution in [3.63, 3.8) is 0 Å². The standard InChI is InChI=1S/C24H34BNO4/c1-15-11-17(25)12-16(2)20(15)21-18(27)13-24(14-19(21)29-6)7-9-26(10-8-24)22(28)30-23(3,4)5/h11-12H,7-10,13-14,25H2,1-6H3. The average molecular weight is 411 g/mol. The second-order valence-electron chi connectivity index (χ2n) is 10.0. The van der Waals surface area contributed by atoms with E-state index in [-0.39, 0.29) is 17.3 Å². The molecule has 3 rings (SSSR count). The predicted octanol–water partition coefficient (Wildman–Crippen LogP) is 3.30. The first kappa shape index (κ1) is 22.5. The predicted molar refractivity (Wildman–Crippen MR) is 122 cm³/mol. The van der Waals surface area contributed by atoms with Crippen LogP contribution in [-0.4, -0.2) is 50.4 Å². The summed E-state index contributed by atoms with van der Waals surface area (Å²) in [6, 6.07) is 4.25. The van der Waals surface area contributed by atoms with E-state index < -0.39 is 5.60 Å². The van der Waals surface area contributed by atoms with Crippen LogP contribution in [0.5, 0.6) is 0 Å². The molecule has 0 N–H and O–H groups in total. The number of carbonyl (C=O) groups is 2. The Hall–Kier alpha value is -2.24. The number of methoxy groups -OCH3 is 1. The van der Waals surface area contributed by atoms with Crippen LogP contribution in [0.3, 0.4) is 0 Å². The Morgan fingerprint density at radius 2 is 1.67 bits per heavy atom. The number of likely N-dealkylation sites (tertiary alicyclic amines) is 1. The van der Waals surface area contributed by atoms with Gasteiger partial charge in [0, 0.05) is 25.9 Å². The van der Waals surface area contributed by atoms with Crippen LogP contribution < -0.4 is 5.46 Å². The minimum atomic E-state index is -0.502. The SMILES string of the molecule is Bc1cc(C)c(C2=C(OC)CC3(CCN(C(=O)OC(C)(C)C)CC3)CC2=O)c(C)c1. The monoisotopic (exact) mass is 411 g/mol. The molecule has 1 heterocycles. The van der Waals surface area contributed by atoms with Gasteiger partial charge in [-0.15, -0.1) is 0 Å². The highest BCUT2D eigenvalue weighted by Gasteiger charge is 2.44. The van der Waals surface area contributed by atoms with Crippen LogP contribution in [0.25, 0.3) is 5.57 Å².